The molecule has 2 aromatic carbocycles. The zero-order chi connectivity index (χ0) is 17.0. The van der Waals surface area contributed by atoms with E-state index >= 15 is 0 Å². The van der Waals surface area contributed by atoms with E-state index in [1.165, 1.54) is 26.4 Å². The second-order valence-electron chi connectivity index (χ2n) is 4.93. The number of ether oxygens (including phenoxy) is 2. The van der Waals surface area contributed by atoms with E-state index in [0.717, 1.165) is 0 Å². The molecule has 0 saturated carbocycles. The Labute approximate surface area is 142 Å². The summed E-state index contributed by atoms with van der Waals surface area (Å²) in [5.74, 6) is 0.0115. The van der Waals surface area contributed by atoms with E-state index in [9.17, 15) is 9.18 Å². The molecule has 1 amide bonds. The van der Waals surface area contributed by atoms with Crippen LogP contribution in [0.1, 0.15) is 28.9 Å². The Morgan fingerprint density at radius 2 is 1.91 bits per heavy atom. The van der Waals surface area contributed by atoms with Gasteiger partial charge in [-0.25, -0.2) is 4.39 Å². The molecule has 2 rings (SSSR count). The highest BCUT2D eigenvalue weighted by molar-refractivity contribution is 9.10. The Balaban J connectivity index is 2.18. The first-order valence-electron chi connectivity index (χ1n) is 6.94. The van der Waals surface area contributed by atoms with Gasteiger partial charge in [-0.3, -0.25) is 4.79 Å². The van der Waals surface area contributed by atoms with Crippen molar-refractivity contribution in [2.75, 3.05) is 14.2 Å². The lowest BCUT2D eigenvalue weighted by Gasteiger charge is -2.16. The minimum atomic E-state index is -0.464. The Hall–Kier alpha value is -2.08. The molecule has 23 heavy (non-hydrogen) atoms. The lowest BCUT2D eigenvalue weighted by atomic mass is 10.1. The summed E-state index contributed by atoms with van der Waals surface area (Å²) in [6.45, 7) is 1.78. The first kappa shape index (κ1) is 17.3. The van der Waals surface area contributed by atoms with E-state index in [4.69, 9.17) is 9.47 Å². The molecule has 0 aliphatic rings. The summed E-state index contributed by atoms with van der Waals surface area (Å²) >= 11 is 3.34. The number of carbonyl (C=O) groups is 1. The third-order valence-electron chi connectivity index (χ3n) is 3.44. The Bertz CT molecular complexity index is 721. The monoisotopic (exact) mass is 381 g/mol. The second-order valence-corrected chi connectivity index (χ2v) is 5.79. The van der Waals surface area contributed by atoms with Crippen molar-refractivity contribution in [2.45, 2.75) is 13.0 Å². The molecule has 1 atom stereocenters. The first-order chi connectivity index (χ1) is 11.0. The topological polar surface area (TPSA) is 47.6 Å². The molecular formula is C17H17BrFNO3. The van der Waals surface area contributed by atoms with Crippen LogP contribution in [0.2, 0.25) is 0 Å². The summed E-state index contributed by atoms with van der Waals surface area (Å²) < 4.78 is 24.4. The fourth-order valence-electron chi connectivity index (χ4n) is 2.12. The highest BCUT2D eigenvalue weighted by Crippen LogP contribution is 2.25. The van der Waals surface area contributed by atoms with Crippen LogP contribution in [0.25, 0.3) is 0 Å². The molecule has 0 aliphatic carbocycles. The molecule has 2 aromatic rings. The molecule has 0 saturated heterocycles. The Kier molecular flexibility index (Phi) is 5.60. The number of hydrogen-bond acceptors (Lipinski definition) is 3. The third kappa shape index (κ3) is 4.01. The molecule has 0 fully saturated rings. The standard InChI is InChI=1S/C17H17BrFNO3/c1-10(11-4-7-16(23-3)15(19)8-11)20-17(21)13-9-12(22-2)5-6-14(13)18/h4-10H,1-3H3,(H,20,21). The van der Waals surface area contributed by atoms with E-state index < -0.39 is 5.82 Å². The van der Waals surface area contributed by atoms with Crippen LogP contribution in [0.3, 0.4) is 0 Å². The Morgan fingerprint density at radius 3 is 2.52 bits per heavy atom. The van der Waals surface area contributed by atoms with Crippen LogP contribution in [0.4, 0.5) is 4.39 Å². The van der Waals surface area contributed by atoms with Gasteiger partial charge in [0.2, 0.25) is 0 Å². The van der Waals surface area contributed by atoms with Gasteiger partial charge in [-0.15, -0.1) is 0 Å². The number of benzene rings is 2. The van der Waals surface area contributed by atoms with Crippen molar-refractivity contribution in [2.24, 2.45) is 0 Å². The summed E-state index contributed by atoms with van der Waals surface area (Å²) in [5.41, 5.74) is 1.10. The van der Waals surface area contributed by atoms with Gasteiger partial charge in [0, 0.05) is 4.47 Å². The number of carbonyl (C=O) groups excluding carboxylic acids is 1. The first-order valence-corrected chi connectivity index (χ1v) is 7.73. The minimum Gasteiger partial charge on any atom is -0.497 e. The van der Waals surface area contributed by atoms with Crippen LogP contribution in [0.5, 0.6) is 11.5 Å². The van der Waals surface area contributed by atoms with Gasteiger partial charge in [-0.2, -0.15) is 0 Å². The van der Waals surface area contributed by atoms with Crippen LogP contribution < -0.4 is 14.8 Å². The lowest BCUT2D eigenvalue weighted by molar-refractivity contribution is 0.0938. The van der Waals surface area contributed by atoms with Crippen LogP contribution in [-0.4, -0.2) is 20.1 Å². The summed E-state index contributed by atoms with van der Waals surface area (Å²) in [7, 11) is 2.94. The van der Waals surface area contributed by atoms with Gasteiger partial charge in [-0.05, 0) is 58.7 Å². The summed E-state index contributed by atoms with van der Waals surface area (Å²) in [6.07, 6.45) is 0. The molecule has 0 aliphatic heterocycles. The van der Waals surface area contributed by atoms with Crippen molar-refractivity contribution < 1.29 is 18.7 Å². The number of rotatable bonds is 5. The maximum absolute atomic E-state index is 13.8. The molecule has 6 heteroatoms. The van der Waals surface area contributed by atoms with Crippen LogP contribution in [0, 0.1) is 5.82 Å². The fourth-order valence-corrected chi connectivity index (χ4v) is 2.54. The van der Waals surface area contributed by atoms with Crippen molar-refractivity contribution in [1.29, 1.82) is 0 Å². The van der Waals surface area contributed by atoms with Crippen LogP contribution in [0.15, 0.2) is 40.9 Å². The molecule has 1 unspecified atom stereocenters. The smallest absolute Gasteiger partial charge is 0.253 e. The molecular weight excluding hydrogens is 365 g/mol. The molecule has 1 N–H and O–H groups in total. The molecule has 0 heterocycles. The number of hydrogen-bond donors (Lipinski definition) is 1. The quantitative estimate of drug-likeness (QED) is 0.847. The van der Waals surface area contributed by atoms with Gasteiger partial charge in [-0.1, -0.05) is 6.07 Å². The highest BCUT2D eigenvalue weighted by Gasteiger charge is 2.16. The maximum Gasteiger partial charge on any atom is 0.253 e. The van der Waals surface area contributed by atoms with Crippen molar-refractivity contribution in [3.63, 3.8) is 0 Å². The van der Waals surface area contributed by atoms with E-state index in [2.05, 4.69) is 21.2 Å². The molecule has 4 nitrogen and oxygen atoms in total. The van der Waals surface area contributed by atoms with Crippen molar-refractivity contribution in [3.8, 4) is 11.5 Å². The van der Waals surface area contributed by atoms with Gasteiger partial charge in [0.1, 0.15) is 5.75 Å². The van der Waals surface area contributed by atoms with Gasteiger partial charge in [0.15, 0.2) is 11.6 Å². The normalized spacial score (nSPS) is 11.7. The summed E-state index contributed by atoms with van der Waals surface area (Å²) in [5, 5.41) is 2.84. The lowest BCUT2D eigenvalue weighted by Crippen LogP contribution is -2.27. The predicted octanol–water partition coefficient (Wildman–Crippen LogP) is 4.10. The number of amides is 1. The highest BCUT2D eigenvalue weighted by atomic mass is 79.9. The van der Waals surface area contributed by atoms with Crippen molar-refractivity contribution in [1.82, 2.24) is 5.32 Å². The largest absolute Gasteiger partial charge is 0.497 e. The SMILES string of the molecule is COc1ccc(Br)c(C(=O)NC(C)c2ccc(OC)c(F)c2)c1. The molecule has 122 valence electrons. The van der Waals surface area contributed by atoms with Crippen molar-refractivity contribution in [3.05, 3.63) is 57.8 Å². The van der Waals surface area contributed by atoms with E-state index in [1.807, 2.05) is 0 Å². The molecule has 0 bridgehead atoms. The van der Waals surface area contributed by atoms with Crippen molar-refractivity contribution >= 4 is 21.8 Å². The third-order valence-corrected chi connectivity index (χ3v) is 4.13. The summed E-state index contributed by atoms with van der Waals surface area (Å²) in [4.78, 5) is 12.4. The van der Waals surface area contributed by atoms with Gasteiger partial charge in [0.25, 0.3) is 5.91 Å². The second kappa shape index (κ2) is 7.46. The van der Waals surface area contributed by atoms with E-state index in [0.29, 0.717) is 21.3 Å². The minimum absolute atomic E-state index is 0.169. The molecule has 0 spiro atoms. The van der Waals surface area contributed by atoms with Gasteiger partial charge in [0.05, 0.1) is 25.8 Å². The zero-order valence-electron chi connectivity index (χ0n) is 13.0. The summed E-state index contributed by atoms with van der Waals surface area (Å²) in [6, 6.07) is 9.38. The van der Waals surface area contributed by atoms with E-state index in [-0.39, 0.29) is 17.7 Å². The van der Waals surface area contributed by atoms with Gasteiger partial charge < -0.3 is 14.8 Å². The average molecular weight is 382 g/mol. The van der Waals surface area contributed by atoms with Crippen LogP contribution >= 0.6 is 15.9 Å². The predicted molar refractivity (Wildman–Crippen MR) is 89.5 cm³/mol. The Morgan fingerprint density at radius 1 is 1.17 bits per heavy atom. The molecule has 0 aromatic heterocycles. The average Bonchev–Trinajstić information content (AvgIpc) is 2.55. The number of halogens is 2. The fraction of sp³-hybridized carbons (Fsp3) is 0.235. The number of nitrogens with one attached hydrogen (secondary N) is 1. The van der Waals surface area contributed by atoms with Crippen LogP contribution in [-0.2, 0) is 0 Å². The van der Waals surface area contributed by atoms with E-state index in [1.54, 1.807) is 31.2 Å². The zero-order valence-corrected chi connectivity index (χ0v) is 14.6. The van der Waals surface area contributed by atoms with Gasteiger partial charge >= 0.3 is 0 Å². The number of methoxy groups -OCH3 is 2. The molecule has 0 radical (unpaired) electrons. The maximum atomic E-state index is 13.8.